The van der Waals surface area contributed by atoms with Crippen LogP contribution in [0.25, 0.3) is 0 Å². The van der Waals surface area contributed by atoms with Crippen molar-refractivity contribution < 1.29 is 14.8 Å². The minimum absolute atomic E-state index is 0.0351. The molecule has 0 N–H and O–H groups in total. The zero-order valence-electron chi connectivity index (χ0n) is 14.5. The zero-order chi connectivity index (χ0) is 18.7. The Morgan fingerprint density at radius 2 is 1.85 bits per heavy atom. The maximum Gasteiger partial charge on any atom is 0.269 e. The molecule has 0 unspecified atom stereocenters. The summed E-state index contributed by atoms with van der Waals surface area (Å²) in [6, 6.07) is 6.27. The summed E-state index contributed by atoms with van der Waals surface area (Å²) in [5.41, 5.74) is 2.12. The molecule has 3 rings (SSSR count). The molecule has 1 fully saturated rings. The average Bonchev–Trinajstić information content (AvgIpc) is 3.11. The van der Waals surface area contributed by atoms with Gasteiger partial charge in [-0.2, -0.15) is 0 Å². The second kappa shape index (κ2) is 7.47. The number of aromatic nitrogens is 2. The lowest BCUT2D eigenvalue weighted by atomic mass is 10.1. The lowest BCUT2D eigenvalue weighted by Gasteiger charge is -2.22. The van der Waals surface area contributed by atoms with Crippen molar-refractivity contribution in [1.82, 2.24) is 9.97 Å². The molecule has 1 aromatic heterocycles. The van der Waals surface area contributed by atoms with Gasteiger partial charge in [0, 0.05) is 55.3 Å². The van der Waals surface area contributed by atoms with E-state index in [1.807, 2.05) is 0 Å². The molecule has 0 aliphatic carbocycles. The first-order valence-electron chi connectivity index (χ1n) is 8.48. The summed E-state index contributed by atoms with van der Waals surface area (Å²) in [5.74, 6) is 0.0803. The predicted octanol–water partition coefficient (Wildman–Crippen LogP) is 1.18. The van der Waals surface area contributed by atoms with Gasteiger partial charge in [-0.3, -0.25) is 10.1 Å². The fraction of sp³-hybridized carbons (Fsp3) is 0.389. The number of hydrogen-bond acceptors (Lipinski definition) is 7. The highest BCUT2D eigenvalue weighted by Crippen LogP contribution is 2.26. The van der Waals surface area contributed by atoms with Gasteiger partial charge < -0.3 is 14.8 Å². The standard InChI is InChI=1S/C18H20N4O4/c1-12-15(11-17(23)24)18(21-8-2-3-9-21)20-16(19-12)10-13-4-6-14(7-5-13)22(25)26/h4-7H,2-3,8-11H2,1H3,(H,23,24)/p-1. The van der Waals surface area contributed by atoms with E-state index in [1.165, 1.54) is 12.1 Å². The number of nitro benzene ring substituents is 1. The third kappa shape index (κ3) is 3.96. The van der Waals surface area contributed by atoms with E-state index in [4.69, 9.17) is 0 Å². The third-order valence-electron chi connectivity index (χ3n) is 4.47. The molecular weight excluding hydrogens is 336 g/mol. The maximum absolute atomic E-state index is 11.1. The van der Waals surface area contributed by atoms with Crippen LogP contribution in [0.2, 0.25) is 0 Å². The van der Waals surface area contributed by atoms with Crippen LogP contribution < -0.4 is 10.0 Å². The van der Waals surface area contributed by atoms with Gasteiger partial charge in [-0.05, 0) is 25.3 Å². The number of benzene rings is 1. The van der Waals surface area contributed by atoms with Gasteiger partial charge in [0.15, 0.2) is 0 Å². The normalized spacial score (nSPS) is 13.8. The molecule has 1 aliphatic rings. The SMILES string of the molecule is Cc1nc(Cc2ccc([N+](=O)[O-])cc2)nc(N2CCCC2)c1CC(=O)[O-]. The Labute approximate surface area is 150 Å². The molecule has 0 saturated carbocycles. The molecule has 1 aromatic carbocycles. The van der Waals surface area contributed by atoms with Crippen LogP contribution in [-0.4, -0.2) is 34.0 Å². The summed E-state index contributed by atoms with van der Waals surface area (Å²) in [5, 5.41) is 21.9. The number of carboxylic acids is 1. The van der Waals surface area contributed by atoms with Gasteiger partial charge in [-0.25, -0.2) is 9.97 Å². The number of carboxylic acid groups (broad SMARTS) is 1. The predicted molar refractivity (Wildman–Crippen MR) is 92.8 cm³/mol. The first-order valence-corrected chi connectivity index (χ1v) is 8.48. The molecule has 0 spiro atoms. The zero-order valence-corrected chi connectivity index (χ0v) is 14.5. The average molecular weight is 355 g/mol. The summed E-state index contributed by atoms with van der Waals surface area (Å²) in [7, 11) is 0. The van der Waals surface area contributed by atoms with E-state index in [-0.39, 0.29) is 12.1 Å². The van der Waals surface area contributed by atoms with E-state index in [0.29, 0.717) is 29.3 Å². The van der Waals surface area contributed by atoms with Crippen LogP contribution in [0, 0.1) is 17.0 Å². The number of aryl methyl sites for hydroxylation is 1. The largest absolute Gasteiger partial charge is 0.550 e. The Hall–Kier alpha value is -3.03. The van der Waals surface area contributed by atoms with Crippen LogP contribution in [0.1, 0.15) is 35.5 Å². The Bertz CT molecular complexity index is 830. The van der Waals surface area contributed by atoms with E-state index < -0.39 is 10.9 Å². The van der Waals surface area contributed by atoms with Crippen molar-refractivity contribution in [2.45, 2.75) is 32.6 Å². The molecule has 1 aliphatic heterocycles. The van der Waals surface area contributed by atoms with Crippen molar-refractivity contribution in [2.75, 3.05) is 18.0 Å². The molecule has 26 heavy (non-hydrogen) atoms. The number of hydrogen-bond donors (Lipinski definition) is 0. The summed E-state index contributed by atoms with van der Waals surface area (Å²) in [4.78, 5) is 32.6. The van der Waals surface area contributed by atoms with Crippen molar-refractivity contribution in [2.24, 2.45) is 0 Å². The van der Waals surface area contributed by atoms with E-state index in [2.05, 4.69) is 14.9 Å². The highest BCUT2D eigenvalue weighted by Gasteiger charge is 2.21. The van der Waals surface area contributed by atoms with Gasteiger partial charge in [0.05, 0.1) is 4.92 Å². The molecule has 0 bridgehead atoms. The monoisotopic (exact) mass is 355 g/mol. The number of aliphatic carboxylic acids is 1. The summed E-state index contributed by atoms with van der Waals surface area (Å²) in [6.45, 7) is 3.46. The van der Waals surface area contributed by atoms with Gasteiger partial charge in [-0.1, -0.05) is 12.1 Å². The van der Waals surface area contributed by atoms with Crippen molar-refractivity contribution in [3.8, 4) is 0 Å². The molecule has 136 valence electrons. The number of rotatable bonds is 6. The van der Waals surface area contributed by atoms with Crippen molar-refractivity contribution >= 4 is 17.5 Å². The maximum atomic E-state index is 11.1. The topological polar surface area (TPSA) is 112 Å². The third-order valence-corrected chi connectivity index (χ3v) is 4.47. The van der Waals surface area contributed by atoms with Crippen molar-refractivity contribution in [3.05, 3.63) is 57.0 Å². The first-order chi connectivity index (χ1) is 12.4. The number of non-ortho nitro benzene ring substituents is 1. The Kier molecular flexibility index (Phi) is 5.11. The second-order valence-corrected chi connectivity index (χ2v) is 6.37. The number of carbonyl (C=O) groups excluding carboxylic acids is 1. The van der Waals surface area contributed by atoms with Crippen LogP contribution in [-0.2, 0) is 17.6 Å². The molecule has 8 heteroatoms. The van der Waals surface area contributed by atoms with Crippen LogP contribution in [0.15, 0.2) is 24.3 Å². The number of nitro groups is 1. The smallest absolute Gasteiger partial charge is 0.269 e. The minimum Gasteiger partial charge on any atom is -0.550 e. The number of nitrogens with zero attached hydrogens (tertiary/aromatic N) is 4. The van der Waals surface area contributed by atoms with Gasteiger partial charge >= 0.3 is 0 Å². The molecule has 8 nitrogen and oxygen atoms in total. The van der Waals surface area contributed by atoms with E-state index in [9.17, 15) is 20.0 Å². The molecule has 0 radical (unpaired) electrons. The van der Waals surface area contributed by atoms with Crippen molar-refractivity contribution in [3.63, 3.8) is 0 Å². The van der Waals surface area contributed by atoms with Gasteiger partial charge in [0.2, 0.25) is 0 Å². The summed E-state index contributed by atoms with van der Waals surface area (Å²) in [6.07, 6.45) is 2.30. The van der Waals surface area contributed by atoms with Gasteiger partial charge in [0.1, 0.15) is 11.6 Å². The molecular formula is C18H19N4O4-. The fourth-order valence-electron chi connectivity index (χ4n) is 3.18. The molecule has 0 amide bonds. The van der Waals surface area contributed by atoms with Crippen LogP contribution in [0.3, 0.4) is 0 Å². The van der Waals surface area contributed by atoms with E-state index >= 15 is 0 Å². The molecule has 1 saturated heterocycles. The van der Waals surface area contributed by atoms with Crippen LogP contribution >= 0.6 is 0 Å². The van der Waals surface area contributed by atoms with E-state index in [1.54, 1.807) is 19.1 Å². The van der Waals surface area contributed by atoms with Crippen LogP contribution in [0.5, 0.6) is 0 Å². The summed E-state index contributed by atoms with van der Waals surface area (Å²) >= 11 is 0. The quantitative estimate of drug-likeness (QED) is 0.565. The molecule has 2 heterocycles. The number of anilines is 1. The van der Waals surface area contributed by atoms with E-state index in [0.717, 1.165) is 31.5 Å². The Balaban J connectivity index is 1.92. The second-order valence-electron chi connectivity index (χ2n) is 6.37. The Morgan fingerprint density at radius 3 is 2.42 bits per heavy atom. The lowest BCUT2D eigenvalue weighted by molar-refractivity contribution is -0.384. The molecule has 2 aromatic rings. The van der Waals surface area contributed by atoms with Gasteiger partial charge in [0.25, 0.3) is 5.69 Å². The minimum atomic E-state index is -1.15. The highest BCUT2D eigenvalue weighted by molar-refractivity contribution is 5.71. The van der Waals surface area contributed by atoms with Crippen molar-refractivity contribution in [1.29, 1.82) is 0 Å². The lowest BCUT2D eigenvalue weighted by Crippen LogP contribution is -2.28. The fourth-order valence-corrected chi connectivity index (χ4v) is 3.18. The first kappa shape index (κ1) is 17.8. The van der Waals surface area contributed by atoms with Crippen LogP contribution in [0.4, 0.5) is 11.5 Å². The Morgan fingerprint density at radius 1 is 1.19 bits per heavy atom. The molecule has 0 atom stereocenters. The summed E-state index contributed by atoms with van der Waals surface area (Å²) < 4.78 is 0. The highest BCUT2D eigenvalue weighted by atomic mass is 16.6. The number of carbonyl (C=O) groups is 1. The van der Waals surface area contributed by atoms with Gasteiger partial charge in [-0.15, -0.1) is 0 Å².